The smallest absolute Gasteiger partial charge is 0.324 e. The number of imidazole rings is 1. The minimum Gasteiger partial charge on any atom is -0.496 e. The van der Waals surface area contributed by atoms with Gasteiger partial charge >= 0.3 is 6.03 Å². The van der Waals surface area contributed by atoms with E-state index in [1.165, 1.54) is 12.1 Å². The van der Waals surface area contributed by atoms with Crippen molar-refractivity contribution in [3.05, 3.63) is 66.5 Å². The highest BCUT2D eigenvalue weighted by atomic mass is 19.1. The maximum Gasteiger partial charge on any atom is 0.324 e. The molecule has 1 unspecified atom stereocenters. The summed E-state index contributed by atoms with van der Waals surface area (Å²) in [6.07, 6.45) is 8.57. The summed E-state index contributed by atoms with van der Waals surface area (Å²) in [5.74, 6) is 1.53. The fourth-order valence-electron chi connectivity index (χ4n) is 4.67. The van der Waals surface area contributed by atoms with Crippen LogP contribution in [-0.2, 0) is 13.1 Å². The first kappa shape index (κ1) is 26.3. The molecule has 1 aliphatic rings. The van der Waals surface area contributed by atoms with Gasteiger partial charge in [-0.1, -0.05) is 19.8 Å². The van der Waals surface area contributed by atoms with Gasteiger partial charge in [-0.05, 0) is 36.8 Å². The molecule has 1 aromatic heterocycles. The number of rotatable bonds is 12. The monoisotopic (exact) mass is 510 g/mol. The average molecular weight is 511 g/mol. The number of aromatic nitrogens is 2. The zero-order chi connectivity index (χ0) is 26.2. The van der Waals surface area contributed by atoms with E-state index in [0.717, 1.165) is 24.9 Å². The van der Waals surface area contributed by atoms with Crippen LogP contribution in [0.15, 0.2) is 55.1 Å². The number of hydrogen-bond acceptors (Lipinski definition) is 5. The topological polar surface area (TPSA) is 69.1 Å². The van der Waals surface area contributed by atoms with Gasteiger partial charge in [0.15, 0.2) is 11.5 Å². The molecule has 0 aliphatic carbocycles. The molecule has 1 fully saturated rings. The Bertz CT molecular complexity index is 1170. The number of hydrogen-bond donors (Lipinski definition) is 0. The van der Waals surface area contributed by atoms with Crippen LogP contribution in [0.1, 0.15) is 31.7 Å². The first-order chi connectivity index (χ1) is 18.0. The highest BCUT2D eigenvalue weighted by Crippen LogP contribution is 2.34. The summed E-state index contributed by atoms with van der Waals surface area (Å²) in [5.41, 5.74) is 1.34. The maximum atomic E-state index is 14.1. The molecule has 1 aliphatic heterocycles. The molecule has 0 N–H and O–H groups in total. The van der Waals surface area contributed by atoms with E-state index in [-0.39, 0.29) is 24.3 Å². The quantitative estimate of drug-likeness (QED) is 0.307. The second kappa shape index (κ2) is 12.5. The Morgan fingerprint density at radius 2 is 1.84 bits per heavy atom. The molecule has 0 radical (unpaired) electrons. The molecule has 2 amide bonds. The van der Waals surface area contributed by atoms with Crippen molar-refractivity contribution in [1.82, 2.24) is 14.5 Å². The van der Waals surface area contributed by atoms with Crippen molar-refractivity contribution >= 4 is 11.7 Å². The van der Waals surface area contributed by atoms with E-state index in [9.17, 15) is 9.18 Å². The lowest BCUT2D eigenvalue weighted by Crippen LogP contribution is -2.54. The predicted molar refractivity (Wildman–Crippen MR) is 140 cm³/mol. The lowest BCUT2D eigenvalue weighted by molar-refractivity contribution is 0.169. The van der Waals surface area contributed by atoms with Crippen LogP contribution in [0.5, 0.6) is 17.2 Å². The number of carbonyl (C=O) groups excluding carboxylic acids is 1. The standard InChI is InChI=1S/C28H35FN4O4/c1-4-5-6-13-37-27-15-24(8-10-26(27)36-3)33-18-21(16-31-12-11-30-20-31)17-32(28(33)34)19-22-14-23(29)7-9-25(22)35-2/h7-12,14-15,20-21H,4-6,13,16-19H2,1-3H3. The van der Waals surface area contributed by atoms with E-state index in [0.29, 0.717) is 49.1 Å². The van der Waals surface area contributed by atoms with Crippen molar-refractivity contribution in [3.8, 4) is 17.2 Å². The Morgan fingerprint density at radius 3 is 2.57 bits per heavy atom. The largest absolute Gasteiger partial charge is 0.496 e. The second-order valence-electron chi connectivity index (χ2n) is 9.25. The van der Waals surface area contributed by atoms with Crippen LogP contribution in [0.3, 0.4) is 0 Å². The number of unbranched alkanes of at least 4 members (excludes halogenated alkanes) is 2. The number of amides is 2. The van der Waals surface area contributed by atoms with Crippen LogP contribution in [-0.4, -0.2) is 54.4 Å². The third-order valence-corrected chi connectivity index (χ3v) is 6.52. The Kier molecular flexibility index (Phi) is 8.87. The molecular formula is C28H35FN4O4. The number of ether oxygens (including phenoxy) is 3. The van der Waals surface area contributed by atoms with Gasteiger partial charge in [-0.15, -0.1) is 0 Å². The summed E-state index contributed by atoms with van der Waals surface area (Å²) in [4.78, 5) is 21.4. The highest BCUT2D eigenvalue weighted by Gasteiger charge is 2.34. The van der Waals surface area contributed by atoms with Crippen molar-refractivity contribution in [2.45, 2.75) is 39.3 Å². The third kappa shape index (κ3) is 6.53. The molecular weight excluding hydrogens is 475 g/mol. The van der Waals surface area contributed by atoms with Crippen LogP contribution in [0.25, 0.3) is 0 Å². The first-order valence-electron chi connectivity index (χ1n) is 12.7. The SMILES string of the molecule is CCCCCOc1cc(N2CC(Cn3ccnc3)CN(Cc3cc(F)ccc3OC)C2=O)ccc1OC. The zero-order valence-electron chi connectivity index (χ0n) is 21.7. The molecule has 2 heterocycles. The summed E-state index contributed by atoms with van der Waals surface area (Å²) in [6.45, 7) is 4.69. The molecule has 2 aromatic carbocycles. The molecule has 0 bridgehead atoms. The summed E-state index contributed by atoms with van der Waals surface area (Å²) in [7, 11) is 3.15. The Balaban J connectivity index is 1.62. The van der Waals surface area contributed by atoms with E-state index in [4.69, 9.17) is 14.2 Å². The fraction of sp³-hybridized carbons (Fsp3) is 0.429. The molecule has 3 aromatic rings. The molecule has 4 rings (SSSR count). The molecule has 37 heavy (non-hydrogen) atoms. The van der Waals surface area contributed by atoms with Gasteiger partial charge in [0, 0.05) is 55.3 Å². The number of urea groups is 1. The normalized spacial score (nSPS) is 15.7. The Hall–Kier alpha value is -3.75. The summed E-state index contributed by atoms with van der Waals surface area (Å²) in [6, 6.07) is 9.77. The summed E-state index contributed by atoms with van der Waals surface area (Å²) < 4.78 is 33.0. The third-order valence-electron chi connectivity index (χ3n) is 6.52. The second-order valence-corrected chi connectivity index (χ2v) is 9.25. The molecule has 1 atom stereocenters. The van der Waals surface area contributed by atoms with E-state index in [2.05, 4.69) is 11.9 Å². The van der Waals surface area contributed by atoms with Gasteiger partial charge in [0.2, 0.25) is 0 Å². The average Bonchev–Trinajstić information content (AvgIpc) is 3.41. The lowest BCUT2D eigenvalue weighted by Gasteiger charge is -2.40. The van der Waals surface area contributed by atoms with Gasteiger partial charge in [0.1, 0.15) is 11.6 Å². The van der Waals surface area contributed by atoms with Crippen LogP contribution in [0, 0.1) is 11.7 Å². The molecule has 1 saturated heterocycles. The predicted octanol–water partition coefficient (Wildman–Crippen LogP) is 5.37. The van der Waals surface area contributed by atoms with E-state index in [1.54, 1.807) is 42.6 Å². The van der Waals surface area contributed by atoms with Gasteiger partial charge in [-0.25, -0.2) is 14.2 Å². The Labute approximate surface area is 217 Å². The minimum absolute atomic E-state index is 0.113. The fourth-order valence-corrected chi connectivity index (χ4v) is 4.67. The summed E-state index contributed by atoms with van der Waals surface area (Å²) >= 11 is 0. The van der Waals surface area contributed by atoms with Gasteiger partial charge in [0.25, 0.3) is 0 Å². The number of benzene rings is 2. The number of nitrogens with zero attached hydrogens (tertiary/aromatic N) is 4. The highest BCUT2D eigenvalue weighted by molar-refractivity contribution is 5.93. The van der Waals surface area contributed by atoms with E-state index in [1.807, 2.05) is 29.0 Å². The first-order valence-corrected chi connectivity index (χ1v) is 12.7. The van der Waals surface area contributed by atoms with Crippen molar-refractivity contribution in [3.63, 3.8) is 0 Å². The molecule has 8 nitrogen and oxygen atoms in total. The molecule has 0 saturated carbocycles. The molecule has 9 heteroatoms. The van der Waals surface area contributed by atoms with Gasteiger partial charge in [0.05, 0.1) is 33.7 Å². The number of methoxy groups -OCH3 is 2. The van der Waals surface area contributed by atoms with Crippen molar-refractivity contribution < 1.29 is 23.4 Å². The van der Waals surface area contributed by atoms with E-state index < -0.39 is 0 Å². The van der Waals surface area contributed by atoms with Gasteiger partial charge in [-0.3, -0.25) is 4.90 Å². The number of carbonyl (C=O) groups is 1. The van der Waals surface area contributed by atoms with Crippen molar-refractivity contribution in [1.29, 1.82) is 0 Å². The molecule has 198 valence electrons. The summed E-state index contributed by atoms with van der Waals surface area (Å²) in [5, 5.41) is 0. The van der Waals surface area contributed by atoms with Gasteiger partial charge < -0.3 is 23.7 Å². The maximum absolute atomic E-state index is 14.1. The number of halogens is 1. The lowest BCUT2D eigenvalue weighted by atomic mass is 10.0. The Morgan fingerprint density at radius 1 is 1.03 bits per heavy atom. The van der Waals surface area contributed by atoms with Gasteiger partial charge in [-0.2, -0.15) is 0 Å². The van der Waals surface area contributed by atoms with Crippen LogP contribution in [0.2, 0.25) is 0 Å². The van der Waals surface area contributed by atoms with E-state index >= 15 is 0 Å². The zero-order valence-corrected chi connectivity index (χ0v) is 21.7. The van der Waals surface area contributed by atoms with Crippen molar-refractivity contribution in [2.24, 2.45) is 5.92 Å². The van der Waals surface area contributed by atoms with Crippen molar-refractivity contribution in [2.75, 3.05) is 38.8 Å². The minimum atomic E-state index is -0.368. The molecule has 0 spiro atoms. The van der Waals surface area contributed by atoms with Crippen LogP contribution < -0.4 is 19.1 Å². The van der Waals surface area contributed by atoms with Crippen LogP contribution >= 0.6 is 0 Å². The van der Waals surface area contributed by atoms with Crippen LogP contribution in [0.4, 0.5) is 14.9 Å². The number of anilines is 1.